The van der Waals surface area contributed by atoms with Crippen molar-refractivity contribution in [2.24, 2.45) is 0 Å². The molecule has 108 valence electrons. The zero-order chi connectivity index (χ0) is 15.2. The average Bonchev–Trinajstić information content (AvgIpc) is 2.53. The molecule has 0 saturated heterocycles. The molecule has 0 bridgehead atoms. The number of aryl methyl sites for hydroxylation is 1. The van der Waals surface area contributed by atoms with E-state index in [2.05, 4.69) is 24.4 Å². The van der Waals surface area contributed by atoms with E-state index < -0.39 is 0 Å². The van der Waals surface area contributed by atoms with E-state index in [1.54, 1.807) is 0 Å². The van der Waals surface area contributed by atoms with Gasteiger partial charge >= 0.3 is 0 Å². The van der Waals surface area contributed by atoms with Crippen LogP contribution in [0.15, 0.2) is 42.5 Å². The van der Waals surface area contributed by atoms with Gasteiger partial charge in [0.1, 0.15) is 12.4 Å². The highest BCUT2D eigenvalue weighted by atomic mass is 16.5. The molecular formula is C18H20N2O. The molecule has 0 amide bonds. The van der Waals surface area contributed by atoms with Crippen molar-refractivity contribution in [2.45, 2.75) is 26.5 Å². The van der Waals surface area contributed by atoms with Crippen LogP contribution in [0, 0.1) is 18.3 Å². The molecule has 0 heterocycles. The number of rotatable bonds is 5. The van der Waals surface area contributed by atoms with Crippen LogP contribution in [-0.2, 0) is 6.61 Å². The fourth-order valence-corrected chi connectivity index (χ4v) is 2.21. The highest BCUT2D eigenvalue weighted by molar-refractivity contribution is 5.39. The maximum atomic E-state index is 8.90. The van der Waals surface area contributed by atoms with Gasteiger partial charge in [-0.3, -0.25) is 0 Å². The molecule has 1 unspecified atom stereocenters. The van der Waals surface area contributed by atoms with Gasteiger partial charge in [0.25, 0.3) is 0 Å². The van der Waals surface area contributed by atoms with Gasteiger partial charge in [-0.25, -0.2) is 0 Å². The summed E-state index contributed by atoms with van der Waals surface area (Å²) in [6, 6.07) is 16.1. The predicted molar refractivity (Wildman–Crippen MR) is 84.1 cm³/mol. The average molecular weight is 280 g/mol. The maximum Gasteiger partial charge on any atom is 0.124 e. The molecule has 0 aliphatic rings. The van der Waals surface area contributed by atoms with Crippen molar-refractivity contribution in [3.63, 3.8) is 0 Å². The highest BCUT2D eigenvalue weighted by Gasteiger charge is 2.10. The number of benzene rings is 2. The molecule has 0 aromatic heterocycles. The molecule has 2 aromatic carbocycles. The van der Waals surface area contributed by atoms with Crippen molar-refractivity contribution < 1.29 is 4.74 Å². The third-order valence-electron chi connectivity index (χ3n) is 3.67. The summed E-state index contributed by atoms with van der Waals surface area (Å²) in [4.78, 5) is 0. The Morgan fingerprint density at radius 2 is 2.00 bits per heavy atom. The van der Waals surface area contributed by atoms with Crippen LogP contribution in [-0.4, -0.2) is 7.05 Å². The fourth-order valence-electron chi connectivity index (χ4n) is 2.21. The summed E-state index contributed by atoms with van der Waals surface area (Å²) < 4.78 is 5.98. The number of para-hydroxylation sites is 1. The van der Waals surface area contributed by atoms with Crippen molar-refractivity contribution >= 4 is 0 Å². The zero-order valence-corrected chi connectivity index (χ0v) is 12.7. The Balaban J connectivity index is 2.16. The molecule has 3 nitrogen and oxygen atoms in total. The van der Waals surface area contributed by atoms with Gasteiger partial charge < -0.3 is 10.1 Å². The number of hydrogen-bond donors (Lipinski definition) is 1. The van der Waals surface area contributed by atoms with Crippen LogP contribution in [0.2, 0.25) is 0 Å². The van der Waals surface area contributed by atoms with E-state index >= 15 is 0 Å². The van der Waals surface area contributed by atoms with Gasteiger partial charge in [0, 0.05) is 11.6 Å². The lowest BCUT2D eigenvalue weighted by Gasteiger charge is -2.17. The summed E-state index contributed by atoms with van der Waals surface area (Å²) in [5.41, 5.74) is 4.00. The SMILES string of the molecule is CNC(C)c1ccccc1OCc1ccc(C#N)cc1C. The molecule has 2 aromatic rings. The monoisotopic (exact) mass is 280 g/mol. The number of nitrogens with one attached hydrogen (secondary N) is 1. The van der Waals surface area contributed by atoms with Crippen molar-refractivity contribution in [3.05, 3.63) is 64.7 Å². The number of nitrogens with zero attached hydrogens (tertiary/aromatic N) is 1. The summed E-state index contributed by atoms with van der Waals surface area (Å²) >= 11 is 0. The van der Waals surface area contributed by atoms with Crippen LogP contribution >= 0.6 is 0 Å². The van der Waals surface area contributed by atoms with Gasteiger partial charge in [-0.05, 0) is 50.2 Å². The number of ether oxygens (including phenoxy) is 1. The van der Waals surface area contributed by atoms with Crippen LogP contribution < -0.4 is 10.1 Å². The van der Waals surface area contributed by atoms with Gasteiger partial charge in [-0.15, -0.1) is 0 Å². The number of hydrogen-bond acceptors (Lipinski definition) is 3. The second kappa shape index (κ2) is 6.92. The van der Waals surface area contributed by atoms with Crippen molar-refractivity contribution in [2.75, 3.05) is 7.05 Å². The molecule has 2 rings (SSSR count). The van der Waals surface area contributed by atoms with Crippen molar-refractivity contribution in [1.82, 2.24) is 5.32 Å². The van der Waals surface area contributed by atoms with Crippen molar-refractivity contribution in [3.8, 4) is 11.8 Å². The molecule has 1 N–H and O–H groups in total. The number of nitriles is 1. The maximum absolute atomic E-state index is 8.90. The Bertz CT molecular complexity index is 659. The summed E-state index contributed by atoms with van der Waals surface area (Å²) in [5, 5.41) is 12.1. The first-order valence-electron chi connectivity index (χ1n) is 7.04. The van der Waals surface area contributed by atoms with E-state index in [0.717, 1.165) is 22.4 Å². The largest absolute Gasteiger partial charge is 0.489 e. The lowest BCUT2D eigenvalue weighted by atomic mass is 10.1. The lowest BCUT2D eigenvalue weighted by molar-refractivity contribution is 0.299. The molecule has 0 saturated carbocycles. The molecule has 0 spiro atoms. The Hall–Kier alpha value is -2.31. The summed E-state index contributed by atoms with van der Waals surface area (Å²) in [6.45, 7) is 4.61. The summed E-state index contributed by atoms with van der Waals surface area (Å²) in [7, 11) is 1.94. The second-order valence-electron chi connectivity index (χ2n) is 5.09. The summed E-state index contributed by atoms with van der Waals surface area (Å²) in [5.74, 6) is 0.892. The smallest absolute Gasteiger partial charge is 0.124 e. The molecule has 21 heavy (non-hydrogen) atoms. The van der Waals surface area contributed by atoms with Crippen LogP contribution in [0.25, 0.3) is 0 Å². The van der Waals surface area contributed by atoms with Gasteiger partial charge in [-0.1, -0.05) is 24.3 Å². The lowest BCUT2D eigenvalue weighted by Crippen LogP contribution is -2.13. The highest BCUT2D eigenvalue weighted by Crippen LogP contribution is 2.25. The molecule has 1 atom stereocenters. The molecule has 0 radical (unpaired) electrons. The van der Waals surface area contributed by atoms with Crippen molar-refractivity contribution in [1.29, 1.82) is 5.26 Å². The van der Waals surface area contributed by atoms with E-state index in [1.165, 1.54) is 0 Å². The Morgan fingerprint density at radius 3 is 2.67 bits per heavy atom. The first kappa shape index (κ1) is 15.1. The molecule has 3 heteroatoms. The van der Waals surface area contributed by atoms with E-state index in [1.807, 2.05) is 50.4 Å². The third-order valence-corrected chi connectivity index (χ3v) is 3.67. The van der Waals surface area contributed by atoms with Crippen LogP contribution in [0.1, 0.15) is 35.2 Å². The van der Waals surface area contributed by atoms with Crippen LogP contribution in [0.3, 0.4) is 0 Å². The Labute approximate surface area is 126 Å². The molecule has 0 aliphatic heterocycles. The van der Waals surface area contributed by atoms with E-state index in [0.29, 0.717) is 12.2 Å². The topological polar surface area (TPSA) is 45.0 Å². The van der Waals surface area contributed by atoms with Gasteiger partial charge in [0.2, 0.25) is 0 Å². The minimum Gasteiger partial charge on any atom is -0.489 e. The van der Waals surface area contributed by atoms with E-state index in [9.17, 15) is 0 Å². The summed E-state index contributed by atoms with van der Waals surface area (Å²) in [6.07, 6.45) is 0. The zero-order valence-electron chi connectivity index (χ0n) is 12.7. The predicted octanol–water partition coefficient (Wildman–Crippen LogP) is 3.73. The van der Waals surface area contributed by atoms with Gasteiger partial charge in [0.05, 0.1) is 11.6 Å². The fraction of sp³-hybridized carbons (Fsp3) is 0.278. The van der Waals surface area contributed by atoms with Crippen LogP contribution in [0.5, 0.6) is 5.75 Å². The Morgan fingerprint density at radius 1 is 1.24 bits per heavy atom. The van der Waals surface area contributed by atoms with Gasteiger partial charge in [-0.2, -0.15) is 5.26 Å². The second-order valence-corrected chi connectivity index (χ2v) is 5.09. The Kier molecular flexibility index (Phi) is 4.97. The first-order chi connectivity index (χ1) is 10.2. The standard InChI is InChI=1S/C18H20N2O/c1-13-10-15(11-19)8-9-16(13)12-21-18-7-5-4-6-17(18)14(2)20-3/h4-10,14,20H,12H2,1-3H3. The molecular weight excluding hydrogens is 260 g/mol. The molecule has 0 fully saturated rings. The van der Waals surface area contributed by atoms with E-state index in [-0.39, 0.29) is 6.04 Å². The normalized spacial score (nSPS) is 11.7. The quantitative estimate of drug-likeness (QED) is 0.907. The molecule has 0 aliphatic carbocycles. The first-order valence-corrected chi connectivity index (χ1v) is 7.04. The van der Waals surface area contributed by atoms with Crippen LogP contribution in [0.4, 0.5) is 0 Å². The minimum absolute atomic E-state index is 0.239. The third kappa shape index (κ3) is 3.62. The van der Waals surface area contributed by atoms with Gasteiger partial charge in [0.15, 0.2) is 0 Å². The minimum atomic E-state index is 0.239. The van der Waals surface area contributed by atoms with E-state index in [4.69, 9.17) is 10.00 Å².